The summed E-state index contributed by atoms with van der Waals surface area (Å²) in [5.41, 5.74) is 6.09. The molecule has 0 aliphatic heterocycles. The van der Waals surface area contributed by atoms with Crippen molar-refractivity contribution in [3.8, 4) is 0 Å². The highest BCUT2D eigenvalue weighted by Crippen LogP contribution is 2.31. The molecule has 0 amide bonds. The minimum Gasteiger partial charge on any atom is -0.478 e. The number of nitrogens with two attached hydrogens (primary N) is 1. The maximum Gasteiger partial charge on any atom is 0.339 e. The van der Waals surface area contributed by atoms with Gasteiger partial charge in [0.1, 0.15) is 11.4 Å². The summed E-state index contributed by atoms with van der Waals surface area (Å²) in [6.45, 7) is 2.16. The zero-order valence-corrected chi connectivity index (χ0v) is 11.7. The third kappa shape index (κ3) is 3.53. The van der Waals surface area contributed by atoms with Gasteiger partial charge in [0, 0.05) is 11.3 Å². The van der Waals surface area contributed by atoms with Crippen molar-refractivity contribution in [3.63, 3.8) is 0 Å². The van der Waals surface area contributed by atoms with Crippen LogP contribution in [0.25, 0.3) is 0 Å². The van der Waals surface area contributed by atoms with E-state index in [4.69, 9.17) is 10.8 Å². The smallest absolute Gasteiger partial charge is 0.339 e. The molecule has 1 saturated carbocycles. The van der Waals surface area contributed by atoms with Crippen LogP contribution in [0.15, 0.2) is 12.3 Å². The third-order valence-corrected chi connectivity index (χ3v) is 4.50. The molecule has 1 aliphatic rings. The lowest BCUT2D eigenvalue weighted by Crippen LogP contribution is -2.19. The fourth-order valence-corrected chi connectivity index (χ4v) is 3.55. The quantitative estimate of drug-likeness (QED) is 0.768. The number of rotatable bonds is 5. The number of nitrogen functional groups attached to an aromatic ring is 1. The summed E-state index contributed by atoms with van der Waals surface area (Å²) in [6, 6.07) is 1.75. The van der Waals surface area contributed by atoms with Crippen molar-refractivity contribution in [1.29, 1.82) is 0 Å². The van der Waals surface area contributed by atoms with E-state index >= 15 is 0 Å². The number of anilines is 2. The second-order valence-electron chi connectivity index (χ2n) is 4.70. The van der Waals surface area contributed by atoms with Crippen LogP contribution in [0.3, 0.4) is 0 Å². The average molecular weight is 281 g/mol. The Hall–Kier alpha value is -1.43. The predicted molar refractivity (Wildman–Crippen MR) is 78.8 cm³/mol. The lowest BCUT2D eigenvalue weighted by Gasteiger charge is -2.15. The van der Waals surface area contributed by atoms with Crippen LogP contribution in [0.1, 0.15) is 36.5 Å². The molecule has 0 saturated heterocycles. The standard InChI is InChI=1S/C13H19N3O2S/c1-2-19-10-4-3-9(6-10)16-12-11(13(17)18)5-8(14)7-15-12/h5,7,9-10H,2-4,6,14H2,1H3,(H,15,16)(H,17,18). The number of carboxylic acid groups (broad SMARTS) is 1. The first kappa shape index (κ1) is 14.0. The Labute approximate surface area is 117 Å². The zero-order chi connectivity index (χ0) is 13.8. The van der Waals surface area contributed by atoms with Gasteiger partial charge in [-0.05, 0) is 31.1 Å². The first-order chi connectivity index (χ1) is 9.10. The van der Waals surface area contributed by atoms with Crippen molar-refractivity contribution in [2.24, 2.45) is 0 Å². The normalized spacial score (nSPS) is 22.4. The Kier molecular flexibility index (Phi) is 4.52. The molecule has 2 rings (SSSR count). The summed E-state index contributed by atoms with van der Waals surface area (Å²) in [6.07, 6.45) is 4.78. The van der Waals surface area contributed by atoms with Gasteiger partial charge < -0.3 is 16.2 Å². The van der Waals surface area contributed by atoms with Crippen molar-refractivity contribution in [2.45, 2.75) is 37.5 Å². The van der Waals surface area contributed by atoms with E-state index in [2.05, 4.69) is 17.2 Å². The molecule has 4 N–H and O–H groups in total. The van der Waals surface area contributed by atoms with E-state index in [9.17, 15) is 4.79 Å². The monoisotopic (exact) mass is 281 g/mol. The first-order valence-electron chi connectivity index (χ1n) is 6.47. The molecule has 6 heteroatoms. The van der Waals surface area contributed by atoms with Gasteiger partial charge >= 0.3 is 5.97 Å². The van der Waals surface area contributed by atoms with Crippen LogP contribution in [-0.4, -0.2) is 33.1 Å². The Balaban J connectivity index is 2.05. The van der Waals surface area contributed by atoms with E-state index in [0.717, 1.165) is 18.6 Å². The van der Waals surface area contributed by atoms with Crippen LogP contribution in [-0.2, 0) is 0 Å². The number of nitrogens with zero attached hydrogens (tertiary/aromatic N) is 1. The van der Waals surface area contributed by atoms with Gasteiger partial charge in [0.2, 0.25) is 0 Å². The van der Waals surface area contributed by atoms with Crippen LogP contribution in [0.4, 0.5) is 11.5 Å². The van der Waals surface area contributed by atoms with Gasteiger partial charge in [0.25, 0.3) is 0 Å². The number of aromatic carboxylic acids is 1. The summed E-state index contributed by atoms with van der Waals surface area (Å²) in [5.74, 6) is 0.548. The largest absolute Gasteiger partial charge is 0.478 e. The van der Waals surface area contributed by atoms with Crippen LogP contribution < -0.4 is 11.1 Å². The minimum atomic E-state index is -1.00. The molecule has 0 aromatic carbocycles. The Bertz CT molecular complexity index is 467. The first-order valence-corrected chi connectivity index (χ1v) is 7.52. The minimum absolute atomic E-state index is 0.145. The fraction of sp³-hybridized carbons (Fsp3) is 0.538. The Morgan fingerprint density at radius 2 is 2.42 bits per heavy atom. The van der Waals surface area contributed by atoms with Crippen molar-refractivity contribution in [3.05, 3.63) is 17.8 Å². The molecule has 1 fully saturated rings. The molecular formula is C13H19N3O2S. The van der Waals surface area contributed by atoms with Crippen LogP contribution in [0.5, 0.6) is 0 Å². The number of hydrogen-bond donors (Lipinski definition) is 3. The molecule has 1 heterocycles. The zero-order valence-electron chi connectivity index (χ0n) is 10.9. The highest BCUT2D eigenvalue weighted by atomic mass is 32.2. The average Bonchev–Trinajstić information content (AvgIpc) is 2.79. The summed E-state index contributed by atoms with van der Waals surface area (Å²) in [7, 11) is 0. The number of hydrogen-bond acceptors (Lipinski definition) is 5. The summed E-state index contributed by atoms with van der Waals surface area (Å²) < 4.78 is 0. The molecule has 19 heavy (non-hydrogen) atoms. The van der Waals surface area contributed by atoms with Gasteiger partial charge in [-0.15, -0.1) is 0 Å². The lowest BCUT2D eigenvalue weighted by molar-refractivity contribution is 0.0697. The number of carbonyl (C=O) groups is 1. The van der Waals surface area contributed by atoms with Gasteiger partial charge in [-0.2, -0.15) is 11.8 Å². The second-order valence-corrected chi connectivity index (χ2v) is 6.28. The van der Waals surface area contributed by atoms with Crippen LogP contribution in [0, 0.1) is 0 Å². The molecule has 1 aromatic rings. The van der Waals surface area contributed by atoms with Gasteiger partial charge in [0.05, 0.1) is 11.9 Å². The van der Waals surface area contributed by atoms with E-state index in [1.54, 1.807) is 0 Å². The maximum absolute atomic E-state index is 11.2. The third-order valence-electron chi connectivity index (χ3n) is 3.27. The van der Waals surface area contributed by atoms with E-state index in [-0.39, 0.29) is 5.56 Å². The summed E-state index contributed by atoms with van der Waals surface area (Å²) >= 11 is 1.97. The van der Waals surface area contributed by atoms with Crippen molar-refractivity contribution in [2.75, 3.05) is 16.8 Å². The molecule has 0 bridgehead atoms. The molecule has 5 nitrogen and oxygen atoms in total. The van der Waals surface area contributed by atoms with Crippen LogP contribution in [0.2, 0.25) is 0 Å². The maximum atomic E-state index is 11.2. The Morgan fingerprint density at radius 1 is 1.63 bits per heavy atom. The van der Waals surface area contributed by atoms with Crippen molar-refractivity contribution >= 4 is 29.2 Å². The molecule has 1 aromatic heterocycles. The number of carboxylic acids is 1. The van der Waals surface area contributed by atoms with Crippen molar-refractivity contribution in [1.82, 2.24) is 4.98 Å². The van der Waals surface area contributed by atoms with Gasteiger partial charge in [-0.3, -0.25) is 0 Å². The second kappa shape index (κ2) is 6.14. The van der Waals surface area contributed by atoms with E-state index < -0.39 is 5.97 Å². The SMILES string of the molecule is CCSC1CCC(Nc2ncc(N)cc2C(=O)O)C1. The number of nitrogens with one attached hydrogen (secondary N) is 1. The van der Waals surface area contributed by atoms with E-state index in [0.29, 0.717) is 22.8 Å². The Morgan fingerprint density at radius 3 is 3.11 bits per heavy atom. The summed E-state index contributed by atoms with van der Waals surface area (Å²) in [5, 5.41) is 13.1. The molecular weight excluding hydrogens is 262 g/mol. The van der Waals surface area contributed by atoms with Gasteiger partial charge in [-0.25, -0.2) is 9.78 Å². The van der Waals surface area contributed by atoms with Crippen LogP contribution >= 0.6 is 11.8 Å². The highest BCUT2D eigenvalue weighted by Gasteiger charge is 2.26. The number of aromatic nitrogens is 1. The summed E-state index contributed by atoms with van der Waals surface area (Å²) in [4.78, 5) is 15.3. The number of thioether (sulfide) groups is 1. The highest BCUT2D eigenvalue weighted by molar-refractivity contribution is 7.99. The molecule has 0 spiro atoms. The predicted octanol–water partition coefficient (Wildman–Crippen LogP) is 2.45. The van der Waals surface area contributed by atoms with Crippen molar-refractivity contribution < 1.29 is 9.90 Å². The molecule has 2 atom stereocenters. The molecule has 0 radical (unpaired) electrons. The van der Waals surface area contributed by atoms with E-state index in [1.807, 2.05) is 11.8 Å². The number of pyridine rings is 1. The lowest BCUT2D eigenvalue weighted by atomic mass is 10.2. The topological polar surface area (TPSA) is 88.2 Å². The fourth-order valence-electron chi connectivity index (χ4n) is 2.41. The molecule has 104 valence electrons. The van der Waals surface area contributed by atoms with E-state index in [1.165, 1.54) is 18.7 Å². The molecule has 2 unspecified atom stereocenters. The van der Waals surface area contributed by atoms with Gasteiger partial charge in [0.15, 0.2) is 0 Å². The molecule has 1 aliphatic carbocycles. The van der Waals surface area contributed by atoms with Gasteiger partial charge in [-0.1, -0.05) is 6.92 Å².